The fourth-order valence-corrected chi connectivity index (χ4v) is 0.245. The van der Waals surface area contributed by atoms with E-state index in [4.69, 9.17) is 0 Å². The molecule has 0 aliphatic heterocycles. The van der Waals surface area contributed by atoms with Crippen LogP contribution < -0.4 is 0 Å². The molecule has 0 aromatic heterocycles. The Bertz CT molecular complexity index is 99.9. The predicted molar refractivity (Wildman–Crippen MR) is 25.1 cm³/mol. The van der Waals surface area contributed by atoms with E-state index in [0.717, 1.165) is 0 Å². The lowest BCUT2D eigenvalue weighted by atomic mass is 10.7. The fourth-order valence-electron chi connectivity index (χ4n) is 0.0818. The summed E-state index contributed by atoms with van der Waals surface area (Å²) >= 11 is 0. The van der Waals surface area contributed by atoms with Gasteiger partial charge in [-0.25, -0.2) is 0 Å². The predicted octanol–water partition coefficient (Wildman–Crippen LogP) is 0.837. The monoisotopic (exact) mass is 140 g/mol. The Hall–Kier alpha value is -0.0451. The van der Waals surface area contributed by atoms with E-state index in [9.17, 15) is 18.0 Å². The molecule has 0 bridgehead atoms. The van der Waals surface area contributed by atoms with Crippen molar-refractivity contribution in [2.75, 3.05) is 0 Å². The molecule has 8 heavy (non-hydrogen) atoms. The van der Waals surface area contributed by atoms with Gasteiger partial charge in [-0.15, -0.1) is 0 Å². The van der Waals surface area contributed by atoms with E-state index in [1.54, 1.807) is 0 Å². The second-order valence-electron chi connectivity index (χ2n) is 0.971. The first-order chi connectivity index (χ1) is 3.48. The lowest BCUT2D eigenvalue weighted by Crippen LogP contribution is -2.17. The van der Waals surface area contributed by atoms with Crippen molar-refractivity contribution in [2.45, 2.75) is 6.18 Å². The molecule has 0 fully saturated rings. The molecule has 0 N–H and O–H groups in total. The summed E-state index contributed by atoms with van der Waals surface area (Å²) in [6.45, 7) is 0. The Labute approximate surface area is 46.8 Å². The highest BCUT2D eigenvalue weighted by atomic mass is 31.1. The van der Waals surface area contributed by atoms with E-state index >= 15 is 0 Å². The molecule has 0 aliphatic carbocycles. The molecule has 0 aliphatic rings. The maximum Gasteiger partial charge on any atom is 0.453 e. The summed E-state index contributed by atoms with van der Waals surface area (Å²) in [5.41, 5.74) is -1.86. The molecule has 1 nitrogen and oxygen atoms in total. The highest BCUT2D eigenvalue weighted by molar-refractivity contribution is 7.81. The standard InChI is InChI=1S/C2HBF3OP/c3-8-1(7)2(4,5)6/h8H. The summed E-state index contributed by atoms with van der Waals surface area (Å²) in [6, 6.07) is 0. The second kappa shape index (κ2) is 2.49. The first kappa shape index (κ1) is 7.95. The Morgan fingerprint density at radius 3 is 1.88 bits per heavy atom. The van der Waals surface area contributed by atoms with Crippen LogP contribution in [0.3, 0.4) is 0 Å². The van der Waals surface area contributed by atoms with Crippen LogP contribution in [0.2, 0.25) is 0 Å². The van der Waals surface area contributed by atoms with Crippen LogP contribution in [0.4, 0.5) is 13.2 Å². The first-order valence-corrected chi connectivity index (χ1v) is 2.64. The normalized spacial score (nSPS) is 12.9. The minimum atomic E-state index is -4.74. The van der Waals surface area contributed by atoms with Crippen LogP contribution in [0.5, 0.6) is 0 Å². The average Bonchev–Trinajstić information content (AvgIpc) is 1.62. The Kier molecular flexibility index (Phi) is 2.47. The van der Waals surface area contributed by atoms with Gasteiger partial charge in [-0.2, -0.15) is 13.2 Å². The van der Waals surface area contributed by atoms with Gasteiger partial charge in [0.05, 0.1) is 0 Å². The van der Waals surface area contributed by atoms with Crippen molar-refractivity contribution >= 4 is 21.5 Å². The van der Waals surface area contributed by atoms with Gasteiger partial charge in [0.2, 0.25) is 5.52 Å². The summed E-state index contributed by atoms with van der Waals surface area (Å²) in [5, 5.41) is 0. The molecule has 1 atom stereocenters. The van der Waals surface area contributed by atoms with Crippen molar-refractivity contribution in [2.24, 2.45) is 0 Å². The van der Waals surface area contributed by atoms with Crippen molar-refractivity contribution in [3.05, 3.63) is 0 Å². The topological polar surface area (TPSA) is 17.1 Å². The summed E-state index contributed by atoms with van der Waals surface area (Å²) in [7, 11) is 3.24. The lowest BCUT2D eigenvalue weighted by Gasteiger charge is -1.99. The molecule has 0 aromatic rings. The molecule has 0 heterocycles. The van der Waals surface area contributed by atoms with Crippen molar-refractivity contribution in [1.82, 2.24) is 0 Å². The van der Waals surface area contributed by atoms with Gasteiger partial charge in [0, 0.05) is 0 Å². The number of carbonyl (C=O) groups is 1. The molecule has 2 radical (unpaired) electrons. The third-order valence-electron chi connectivity index (χ3n) is 0.389. The summed E-state index contributed by atoms with van der Waals surface area (Å²) < 4.78 is 33.1. The van der Waals surface area contributed by atoms with Crippen LogP contribution in [0.25, 0.3) is 0 Å². The highest BCUT2D eigenvalue weighted by Crippen LogP contribution is 2.23. The largest absolute Gasteiger partial charge is 0.453 e. The van der Waals surface area contributed by atoms with Crippen molar-refractivity contribution < 1.29 is 18.0 Å². The van der Waals surface area contributed by atoms with Gasteiger partial charge in [0.15, 0.2) is 0 Å². The van der Waals surface area contributed by atoms with Crippen LogP contribution in [-0.2, 0) is 4.79 Å². The fraction of sp³-hybridized carbons (Fsp3) is 0.500. The number of alkyl halides is 3. The van der Waals surface area contributed by atoms with Crippen LogP contribution in [0.1, 0.15) is 0 Å². The van der Waals surface area contributed by atoms with Crippen molar-refractivity contribution in [3.63, 3.8) is 0 Å². The van der Waals surface area contributed by atoms with Gasteiger partial charge in [-0.1, -0.05) is 8.46 Å². The van der Waals surface area contributed by atoms with Gasteiger partial charge in [0.1, 0.15) is 7.57 Å². The van der Waals surface area contributed by atoms with Gasteiger partial charge in [-0.05, 0) is 0 Å². The van der Waals surface area contributed by atoms with Crippen LogP contribution in [0.15, 0.2) is 0 Å². The van der Waals surface area contributed by atoms with Crippen molar-refractivity contribution in [1.29, 1.82) is 0 Å². The zero-order valence-corrected chi connectivity index (χ0v) is 4.62. The molecule has 6 heteroatoms. The van der Waals surface area contributed by atoms with E-state index in [-0.39, 0.29) is 0 Å². The maximum absolute atomic E-state index is 11.0. The Balaban J connectivity index is 3.82. The Morgan fingerprint density at radius 1 is 1.50 bits per heavy atom. The number of hydrogen-bond acceptors (Lipinski definition) is 1. The van der Waals surface area contributed by atoms with Crippen LogP contribution >= 0.6 is 8.46 Å². The number of rotatable bonds is 1. The third-order valence-corrected chi connectivity index (χ3v) is 0.934. The van der Waals surface area contributed by atoms with E-state index in [1.165, 1.54) is 0 Å². The zero-order valence-electron chi connectivity index (χ0n) is 3.62. The molecule has 0 aromatic carbocycles. The van der Waals surface area contributed by atoms with Crippen LogP contribution in [-0.4, -0.2) is 19.3 Å². The van der Waals surface area contributed by atoms with Gasteiger partial charge >= 0.3 is 6.18 Å². The maximum atomic E-state index is 11.0. The summed E-state index contributed by atoms with van der Waals surface area (Å²) in [6.07, 6.45) is -4.74. The van der Waals surface area contributed by atoms with E-state index in [1.807, 2.05) is 0 Å². The molecule has 0 amide bonds. The molecule has 0 saturated heterocycles. The quantitative estimate of drug-likeness (QED) is 0.389. The summed E-state index contributed by atoms with van der Waals surface area (Å²) in [4.78, 5) is 9.60. The first-order valence-electron chi connectivity index (χ1n) is 1.56. The molecular weight excluding hydrogens is 139 g/mol. The summed E-state index contributed by atoms with van der Waals surface area (Å²) in [5.74, 6) is 0. The molecule has 0 saturated carbocycles. The molecular formula is C2HBF3OP. The van der Waals surface area contributed by atoms with Gasteiger partial charge < -0.3 is 0 Å². The van der Waals surface area contributed by atoms with Crippen molar-refractivity contribution in [3.8, 4) is 0 Å². The second-order valence-corrected chi connectivity index (χ2v) is 1.71. The van der Waals surface area contributed by atoms with E-state index < -0.39 is 20.2 Å². The van der Waals surface area contributed by atoms with Gasteiger partial charge in [0.25, 0.3) is 0 Å². The molecule has 44 valence electrons. The molecule has 0 spiro atoms. The van der Waals surface area contributed by atoms with Gasteiger partial charge in [-0.3, -0.25) is 4.79 Å². The highest BCUT2D eigenvalue weighted by Gasteiger charge is 2.35. The SMILES string of the molecule is [B]PC(=O)C(F)(F)F. The Morgan fingerprint density at radius 2 is 1.88 bits per heavy atom. The number of hydrogen-bond donors (Lipinski definition) is 0. The third kappa shape index (κ3) is 2.31. The van der Waals surface area contributed by atoms with E-state index in [0.29, 0.717) is 0 Å². The zero-order chi connectivity index (χ0) is 6.78. The smallest absolute Gasteiger partial charge is 0.286 e. The van der Waals surface area contributed by atoms with E-state index in [2.05, 4.69) is 7.57 Å². The number of halogens is 3. The minimum Gasteiger partial charge on any atom is -0.286 e. The lowest BCUT2D eigenvalue weighted by molar-refractivity contribution is -0.160. The number of carbonyl (C=O) groups excluding carboxylic acids is 1. The average molecular weight is 140 g/mol. The minimum absolute atomic E-state index is 1.18. The molecule has 0 rings (SSSR count). The molecule has 1 unspecified atom stereocenters. The van der Waals surface area contributed by atoms with Crippen LogP contribution in [0, 0.1) is 0 Å².